The first kappa shape index (κ1) is 12.3. The number of nitriles is 1. The summed E-state index contributed by atoms with van der Waals surface area (Å²) < 4.78 is 0.992. The molecule has 0 saturated heterocycles. The Morgan fingerprint density at radius 2 is 2.24 bits per heavy atom. The van der Waals surface area contributed by atoms with Gasteiger partial charge in [-0.2, -0.15) is 5.26 Å². The maximum Gasteiger partial charge on any atom is 0.153 e. The summed E-state index contributed by atoms with van der Waals surface area (Å²) in [6.45, 7) is 0. The zero-order chi connectivity index (χ0) is 12.3. The fourth-order valence-corrected chi connectivity index (χ4v) is 2.88. The Balaban J connectivity index is 2.25. The molecular formula is C14H14BrNO. The van der Waals surface area contributed by atoms with E-state index in [0.717, 1.165) is 22.9 Å². The quantitative estimate of drug-likeness (QED) is 0.835. The number of hydrogen-bond acceptors (Lipinski definition) is 2. The fourth-order valence-electron chi connectivity index (χ4n) is 2.43. The van der Waals surface area contributed by atoms with Gasteiger partial charge < -0.3 is 0 Å². The van der Waals surface area contributed by atoms with Crippen molar-refractivity contribution >= 4 is 21.7 Å². The largest absolute Gasteiger partial charge is 0.298 e. The molecule has 0 aromatic heterocycles. The standard InChI is InChI=1S/C14H14BrNO/c15-12-5-3-4-11(8-12)9-14(10-16)7-2-1-6-13(14)17/h3-5,8H,1-2,6-7,9H2. The topological polar surface area (TPSA) is 40.9 Å². The van der Waals surface area contributed by atoms with Crippen molar-refractivity contribution in [2.45, 2.75) is 32.1 Å². The van der Waals surface area contributed by atoms with Gasteiger partial charge in [0.2, 0.25) is 0 Å². The van der Waals surface area contributed by atoms with E-state index in [2.05, 4.69) is 22.0 Å². The van der Waals surface area contributed by atoms with Crippen LogP contribution in [0.1, 0.15) is 31.2 Å². The highest BCUT2D eigenvalue weighted by Crippen LogP contribution is 2.36. The van der Waals surface area contributed by atoms with E-state index < -0.39 is 5.41 Å². The summed E-state index contributed by atoms with van der Waals surface area (Å²) in [6.07, 6.45) is 3.71. The van der Waals surface area contributed by atoms with Gasteiger partial charge in [-0.1, -0.05) is 34.5 Å². The summed E-state index contributed by atoms with van der Waals surface area (Å²) in [5, 5.41) is 9.36. The van der Waals surface area contributed by atoms with Crippen LogP contribution in [-0.2, 0) is 11.2 Å². The Bertz CT molecular complexity index is 477. The number of hydrogen-bond donors (Lipinski definition) is 0. The highest BCUT2D eigenvalue weighted by Gasteiger charge is 2.40. The molecule has 1 unspecified atom stereocenters. The molecule has 1 aromatic rings. The van der Waals surface area contributed by atoms with Crippen molar-refractivity contribution in [3.8, 4) is 6.07 Å². The molecule has 1 fully saturated rings. The van der Waals surface area contributed by atoms with Crippen molar-refractivity contribution in [2.75, 3.05) is 0 Å². The molecule has 1 aliphatic rings. The molecule has 0 radical (unpaired) electrons. The Labute approximate surface area is 110 Å². The molecule has 17 heavy (non-hydrogen) atoms. The first-order valence-corrected chi connectivity index (χ1v) is 6.65. The average Bonchev–Trinajstić information content (AvgIpc) is 2.32. The van der Waals surface area contributed by atoms with Gasteiger partial charge in [0.15, 0.2) is 5.78 Å². The average molecular weight is 292 g/mol. The van der Waals surface area contributed by atoms with Gasteiger partial charge in [0.1, 0.15) is 5.41 Å². The van der Waals surface area contributed by atoms with E-state index in [1.807, 2.05) is 24.3 Å². The number of rotatable bonds is 2. The third-order valence-electron chi connectivity index (χ3n) is 3.40. The van der Waals surface area contributed by atoms with Crippen molar-refractivity contribution in [1.82, 2.24) is 0 Å². The number of halogens is 1. The third kappa shape index (κ3) is 2.58. The van der Waals surface area contributed by atoms with Crippen LogP contribution in [0.15, 0.2) is 28.7 Å². The lowest BCUT2D eigenvalue weighted by Crippen LogP contribution is -2.34. The zero-order valence-electron chi connectivity index (χ0n) is 9.58. The van der Waals surface area contributed by atoms with Crippen molar-refractivity contribution in [3.63, 3.8) is 0 Å². The normalized spacial score (nSPS) is 24.4. The SMILES string of the molecule is N#CC1(Cc2cccc(Br)c2)CCCCC1=O. The minimum Gasteiger partial charge on any atom is -0.298 e. The zero-order valence-corrected chi connectivity index (χ0v) is 11.2. The van der Waals surface area contributed by atoms with Crippen molar-refractivity contribution in [2.24, 2.45) is 5.41 Å². The number of carbonyl (C=O) groups is 1. The van der Waals surface area contributed by atoms with E-state index in [4.69, 9.17) is 0 Å². The highest BCUT2D eigenvalue weighted by molar-refractivity contribution is 9.10. The van der Waals surface area contributed by atoms with Crippen LogP contribution < -0.4 is 0 Å². The molecule has 0 spiro atoms. The molecule has 88 valence electrons. The Morgan fingerprint density at radius 3 is 2.88 bits per heavy atom. The molecule has 0 heterocycles. The molecule has 3 heteroatoms. The maximum absolute atomic E-state index is 12.0. The van der Waals surface area contributed by atoms with E-state index >= 15 is 0 Å². The van der Waals surface area contributed by atoms with E-state index in [-0.39, 0.29) is 5.78 Å². The van der Waals surface area contributed by atoms with Crippen LogP contribution in [0.3, 0.4) is 0 Å². The summed E-state index contributed by atoms with van der Waals surface area (Å²) >= 11 is 3.41. The monoisotopic (exact) mass is 291 g/mol. The van der Waals surface area contributed by atoms with Gasteiger partial charge in [-0.3, -0.25) is 4.79 Å². The van der Waals surface area contributed by atoms with Crippen LogP contribution >= 0.6 is 15.9 Å². The molecule has 0 amide bonds. The summed E-state index contributed by atoms with van der Waals surface area (Å²) in [6, 6.07) is 10.1. The van der Waals surface area contributed by atoms with E-state index in [1.165, 1.54) is 0 Å². The van der Waals surface area contributed by atoms with Crippen molar-refractivity contribution < 1.29 is 4.79 Å². The second kappa shape index (κ2) is 5.01. The van der Waals surface area contributed by atoms with Gasteiger partial charge in [0.25, 0.3) is 0 Å². The first-order valence-electron chi connectivity index (χ1n) is 5.85. The van der Waals surface area contributed by atoms with Crippen molar-refractivity contribution in [1.29, 1.82) is 5.26 Å². The molecule has 0 bridgehead atoms. The molecular weight excluding hydrogens is 278 g/mol. The number of benzene rings is 1. The first-order chi connectivity index (χ1) is 8.16. The van der Waals surface area contributed by atoms with Crippen LogP contribution in [0.2, 0.25) is 0 Å². The van der Waals surface area contributed by atoms with Gasteiger partial charge in [-0.15, -0.1) is 0 Å². The van der Waals surface area contributed by atoms with Crippen LogP contribution in [-0.4, -0.2) is 5.78 Å². The van der Waals surface area contributed by atoms with Gasteiger partial charge in [0.05, 0.1) is 6.07 Å². The van der Waals surface area contributed by atoms with Crippen molar-refractivity contribution in [3.05, 3.63) is 34.3 Å². The lowest BCUT2D eigenvalue weighted by Gasteiger charge is -2.29. The lowest BCUT2D eigenvalue weighted by molar-refractivity contribution is -0.128. The van der Waals surface area contributed by atoms with Gasteiger partial charge in [-0.25, -0.2) is 0 Å². The van der Waals surface area contributed by atoms with Gasteiger partial charge in [0, 0.05) is 10.9 Å². The molecule has 1 saturated carbocycles. The van der Waals surface area contributed by atoms with Crippen LogP contribution in [0.5, 0.6) is 0 Å². The number of Topliss-reactive ketones (excluding diaryl/α,β-unsaturated/α-hetero) is 1. The predicted octanol–water partition coefficient (Wildman–Crippen LogP) is 3.64. The van der Waals surface area contributed by atoms with Crippen LogP contribution in [0, 0.1) is 16.7 Å². The minimum absolute atomic E-state index is 0.117. The Kier molecular flexibility index (Phi) is 3.63. The number of carbonyl (C=O) groups excluding carboxylic acids is 1. The van der Waals surface area contributed by atoms with Crippen LogP contribution in [0.25, 0.3) is 0 Å². The molecule has 1 atom stereocenters. The number of nitrogens with zero attached hydrogens (tertiary/aromatic N) is 1. The smallest absolute Gasteiger partial charge is 0.153 e. The van der Waals surface area contributed by atoms with E-state index in [9.17, 15) is 10.1 Å². The minimum atomic E-state index is -0.779. The van der Waals surface area contributed by atoms with E-state index in [0.29, 0.717) is 19.3 Å². The lowest BCUT2D eigenvalue weighted by atomic mass is 9.70. The second-order valence-corrected chi connectivity index (χ2v) is 5.55. The predicted molar refractivity (Wildman–Crippen MR) is 69.4 cm³/mol. The summed E-state index contributed by atoms with van der Waals surface area (Å²) in [5.41, 5.74) is 0.273. The molecule has 0 aliphatic heterocycles. The van der Waals surface area contributed by atoms with Gasteiger partial charge in [-0.05, 0) is 37.0 Å². The number of ketones is 1. The summed E-state index contributed by atoms with van der Waals surface area (Å²) in [5.74, 6) is 0.117. The third-order valence-corrected chi connectivity index (χ3v) is 3.89. The summed E-state index contributed by atoms with van der Waals surface area (Å²) in [7, 11) is 0. The molecule has 2 rings (SSSR count). The molecule has 2 nitrogen and oxygen atoms in total. The Morgan fingerprint density at radius 1 is 1.41 bits per heavy atom. The molecule has 1 aromatic carbocycles. The fraction of sp³-hybridized carbons (Fsp3) is 0.429. The Hall–Kier alpha value is -1.14. The maximum atomic E-state index is 12.0. The molecule has 1 aliphatic carbocycles. The second-order valence-electron chi connectivity index (χ2n) is 4.63. The van der Waals surface area contributed by atoms with Crippen LogP contribution in [0.4, 0.5) is 0 Å². The highest BCUT2D eigenvalue weighted by atomic mass is 79.9. The molecule has 0 N–H and O–H groups in total. The van der Waals surface area contributed by atoms with Gasteiger partial charge >= 0.3 is 0 Å². The summed E-state index contributed by atoms with van der Waals surface area (Å²) in [4.78, 5) is 12.0. The van der Waals surface area contributed by atoms with E-state index in [1.54, 1.807) is 0 Å².